The summed E-state index contributed by atoms with van der Waals surface area (Å²) >= 11 is 1.74. The van der Waals surface area contributed by atoms with E-state index in [2.05, 4.69) is 196 Å². The molecule has 2 aliphatic heterocycles. The molecule has 0 aliphatic carbocycles. The van der Waals surface area contributed by atoms with E-state index >= 15 is 0 Å². The predicted molar refractivity (Wildman–Crippen MR) is 276 cm³/mol. The van der Waals surface area contributed by atoms with Crippen LogP contribution in [0.1, 0.15) is 22.3 Å². The van der Waals surface area contributed by atoms with Crippen LogP contribution in [0.5, 0.6) is 23.0 Å². The van der Waals surface area contributed by atoms with Gasteiger partial charge in [0.1, 0.15) is 0 Å². The first-order chi connectivity index (χ1) is 32.1. The smallest absolute Gasteiger partial charge is 0.151 e. The van der Waals surface area contributed by atoms with Gasteiger partial charge in [0.2, 0.25) is 0 Å². The molecule has 10 aromatic carbocycles. The maximum absolute atomic E-state index is 6.23. The van der Waals surface area contributed by atoms with Gasteiger partial charge >= 0.3 is 41.9 Å². The fraction of sp³-hybridized carbons (Fsp3) is 0.100. The molecule has 4 nitrogen and oxygen atoms in total. The van der Waals surface area contributed by atoms with Crippen molar-refractivity contribution in [3.05, 3.63) is 216 Å². The molecular weight excluding hydrogens is 971 g/mol. The molecule has 0 unspecified atom stereocenters. The van der Waals surface area contributed by atoms with E-state index in [1.165, 1.54) is 77.4 Å². The van der Waals surface area contributed by atoms with E-state index in [-0.39, 0.29) is 30.2 Å². The Bertz CT molecular complexity index is 3110. The minimum atomic E-state index is 0. The summed E-state index contributed by atoms with van der Waals surface area (Å²) < 4.78 is 12.5. The summed E-state index contributed by atoms with van der Waals surface area (Å²) in [5.41, 5.74) is 16.7. The van der Waals surface area contributed by atoms with Gasteiger partial charge in [-0.3, -0.25) is 0 Å². The molecule has 0 bridgehead atoms. The van der Waals surface area contributed by atoms with Crippen molar-refractivity contribution < 1.29 is 57.6 Å². The molecule has 0 fully saturated rings. The largest absolute Gasteiger partial charge is 1.00 e. The zero-order chi connectivity index (χ0) is 45.5. The van der Waals surface area contributed by atoms with Crippen molar-refractivity contribution in [1.29, 1.82) is 0 Å². The predicted octanol–water partition coefficient (Wildman–Crippen LogP) is 11.6. The molecule has 0 atom stereocenters. The Kier molecular flexibility index (Phi) is 14.6. The van der Waals surface area contributed by atoms with Crippen molar-refractivity contribution >= 4 is 61.1 Å². The van der Waals surface area contributed by atoms with Gasteiger partial charge < -0.3 is 44.1 Å². The minimum absolute atomic E-state index is 0. The first-order valence-corrected chi connectivity index (χ1v) is 28.7. The van der Waals surface area contributed by atoms with Gasteiger partial charge in [0.05, 0.1) is 22.7 Å². The van der Waals surface area contributed by atoms with Gasteiger partial charge in [0, 0.05) is 11.4 Å². The number of fused-ring (bicyclic) bond motifs is 6. The van der Waals surface area contributed by atoms with Gasteiger partial charge in [-0.15, -0.1) is 56.9 Å². The number of anilines is 6. The fourth-order valence-electron chi connectivity index (χ4n) is 9.03. The molecule has 0 N–H and O–H groups in total. The first kappa shape index (κ1) is 48.3. The van der Waals surface area contributed by atoms with Crippen molar-refractivity contribution in [3.8, 4) is 45.3 Å². The number of ether oxygens (including phenoxy) is 2. The normalized spacial score (nSPS) is 11.7. The van der Waals surface area contributed by atoms with E-state index < -0.39 is 0 Å². The molecule has 0 radical (unpaired) electrons. The van der Waals surface area contributed by atoms with Crippen molar-refractivity contribution in [2.75, 3.05) is 9.80 Å². The van der Waals surface area contributed by atoms with Crippen LogP contribution in [0, 0.1) is 27.7 Å². The molecule has 2 aliphatic rings. The van der Waals surface area contributed by atoms with Crippen LogP contribution in [0.3, 0.4) is 0 Å². The SMILES string of the molecule is C[Si](C)=[Zr+2].Cc1ccc(-c2cc(N3c4ccccc4Oc4ccccc43)c3cc(C)[cH-]c3c2)cc1.Cc1ccc(-c2cc(N3c4ccccc4Oc4ccccc43)c3cc(C)[cH-]c3c2)cc1.[Cl-].[Cl-]. The van der Waals surface area contributed by atoms with Crippen LogP contribution in [-0.4, -0.2) is 5.43 Å². The molecule has 0 aromatic heterocycles. The van der Waals surface area contributed by atoms with E-state index in [4.69, 9.17) is 9.47 Å². The Balaban J connectivity index is 0.000000166. The van der Waals surface area contributed by atoms with Gasteiger partial charge in [0.25, 0.3) is 0 Å². The number of rotatable bonds is 4. The van der Waals surface area contributed by atoms with Crippen LogP contribution in [0.2, 0.25) is 13.1 Å². The standard InChI is InChI=1S/2C29H22NO.C2H6Si.2ClH.Zr/c2*1-19-11-13-21(14-12-19)22-17-23-15-20(2)16-24(23)27(18-22)30-25-7-3-5-9-28(25)31-29-10-6-4-8-26(29)30;1-3-2;;;/h2*3-18H,1-2H3;1-2H3;2*1H;/q2*-1;;;;+2/p-2. The summed E-state index contributed by atoms with van der Waals surface area (Å²) in [4.78, 5) is 4.68. The number of para-hydroxylation sites is 8. The second-order valence-corrected chi connectivity index (χ2v) is 26.9. The van der Waals surface area contributed by atoms with E-state index in [1.807, 2.05) is 48.5 Å². The summed E-state index contributed by atoms with van der Waals surface area (Å²) in [6.07, 6.45) is 0. The Morgan fingerprint density at radius 3 is 0.985 bits per heavy atom. The minimum Gasteiger partial charge on any atom is -1.00 e. The van der Waals surface area contributed by atoms with Crippen LogP contribution in [0.4, 0.5) is 34.1 Å². The van der Waals surface area contributed by atoms with Crippen molar-refractivity contribution in [2.24, 2.45) is 0 Å². The molecule has 68 heavy (non-hydrogen) atoms. The third kappa shape index (κ3) is 9.75. The van der Waals surface area contributed by atoms with Crippen LogP contribution in [0.15, 0.2) is 194 Å². The number of halogens is 2. The number of hydrogen-bond donors (Lipinski definition) is 0. The summed E-state index contributed by atoms with van der Waals surface area (Å²) in [6.45, 7) is 13.2. The van der Waals surface area contributed by atoms with Gasteiger partial charge in [-0.1, -0.05) is 133 Å². The zero-order valence-corrected chi connectivity index (χ0v) is 43.9. The molecule has 0 saturated heterocycles. The zero-order valence-electron chi connectivity index (χ0n) is 38.9. The molecule has 336 valence electrons. The Morgan fingerprint density at radius 2 is 0.676 bits per heavy atom. The van der Waals surface area contributed by atoms with E-state index in [9.17, 15) is 0 Å². The number of aryl methyl sites for hydroxylation is 4. The van der Waals surface area contributed by atoms with Crippen LogP contribution < -0.4 is 44.1 Å². The maximum Gasteiger partial charge on any atom is 0.151 e. The molecule has 8 heteroatoms. The Morgan fingerprint density at radius 1 is 0.382 bits per heavy atom. The topological polar surface area (TPSA) is 24.9 Å². The average Bonchev–Trinajstić information content (AvgIpc) is 3.90. The van der Waals surface area contributed by atoms with Gasteiger partial charge in [-0.2, -0.15) is 12.1 Å². The quantitative estimate of drug-likeness (QED) is 0.130. The Hall–Kier alpha value is -6.14. The monoisotopic (exact) mass is 1020 g/mol. The van der Waals surface area contributed by atoms with E-state index in [0.717, 1.165) is 45.7 Å². The average molecular weight is 1020 g/mol. The fourth-order valence-corrected chi connectivity index (χ4v) is 9.03. The van der Waals surface area contributed by atoms with Crippen LogP contribution in [-0.2, 0) is 23.3 Å². The van der Waals surface area contributed by atoms with Crippen molar-refractivity contribution in [1.82, 2.24) is 0 Å². The van der Waals surface area contributed by atoms with E-state index in [1.54, 1.807) is 23.3 Å². The number of benzene rings is 8. The number of hydrogen-bond acceptors (Lipinski definition) is 4. The van der Waals surface area contributed by atoms with Crippen molar-refractivity contribution in [2.45, 2.75) is 40.8 Å². The molecule has 0 amide bonds. The molecule has 10 aromatic rings. The van der Waals surface area contributed by atoms with E-state index in [0.29, 0.717) is 0 Å². The summed E-state index contributed by atoms with van der Waals surface area (Å²) in [5.74, 6) is 3.49. The third-order valence-electron chi connectivity index (χ3n) is 12.0. The molecule has 0 saturated carbocycles. The number of nitrogens with zero attached hydrogens (tertiary/aromatic N) is 2. The summed E-state index contributed by atoms with van der Waals surface area (Å²) in [6, 6.07) is 68.9. The van der Waals surface area contributed by atoms with Crippen LogP contribution >= 0.6 is 0 Å². The van der Waals surface area contributed by atoms with Crippen molar-refractivity contribution in [3.63, 3.8) is 0 Å². The van der Waals surface area contributed by atoms with Gasteiger partial charge in [-0.05, 0) is 85.6 Å². The molecular formula is C60H50Cl2N2O2SiZr-2. The Labute approximate surface area is 427 Å². The molecule has 12 rings (SSSR count). The summed E-state index contributed by atoms with van der Waals surface area (Å²) in [5, 5.41) is 5.01. The second kappa shape index (κ2) is 20.6. The summed E-state index contributed by atoms with van der Waals surface area (Å²) in [7, 11) is 0. The maximum atomic E-state index is 6.23. The second-order valence-electron chi connectivity index (χ2n) is 17.5. The first-order valence-electron chi connectivity index (χ1n) is 22.5. The van der Waals surface area contributed by atoms with Gasteiger partial charge in [-0.25, -0.2) is 0 Å². The molecule has 2 heterocycles. The molecule has 0 spiro atoms. The van der Waals surface area contributed by atoms with Crippen LogP contribution in [0.25, 0.3) is 43.8 Å². The third-order valence-corrected chi connectivity index (χ3v) is 12.0. The van der Waals surface area contributed by atoms with Gasteiger partial charge in [0.15, 0.2) is 23.0 Å².